The first-order valence-corrected chi connectivity index (χ1v) is 6.44. The first-order chi connectivity index (χ1) is 8.66. The summed E-state index contributed by atoms with van der Waals surface area (Å²) in [6.07, 6.45) is 2.10. The average molecular weight is 265 g/mol. The second kappa shape index (κ2) is 4.37. The minimum Gasteiger partial charge on any atom is -0.312 e. The number of hydrogen-bond donors (Lipinski definition) is 1. The molecule has 2 amide bonds. The van der Waals surface area contributed by atoms with Gasteiger partial charge < -0.3 is 5.32 Å². The van der Waals surface area contributed by atoms with Gasteiger partial charge in [-0.05, 0) is 37.6 Å². The molecule has 0 bridgehead atoms. The molecule has 1 saturated heterocycles. The lowest BCUT2D eigenvalue weighted by Crippen LogP contribution is -2.40. The van der Waals surface area contributed by atoms with E-state index in [1.54, 1.807) is 18.2 Å². The van der Waals surface area contributed by atoms with Gasteiger partial charge in [-0.1, -0.05) is 11.6 Å². The van der Waals surface area contributed by atoms with E-state index in [4.69, 9.17) is 11.6 Å². The first kappa shape index (κ1) is 11.7. The Bertz CT molecular complexity index is 524. The highest BCUT2D eigenvalue weighted by Gasteiger charge is 2.37. The zero-order chi connectivity index (χ0) is 12.7. The molecule has 0 radical (unpaired) electrons. The summed E-state index contributed by atoms with van der Waals surface area (Å²) in [6, 6.07) is 5.06. The van der Waals surface area contributed by atoms with Crippen LogP contribution in [0.15, 0.2) is 18.2 Å². The number of halogens is 1. The second-order valence-electron chi connectivity index (χ2n) is 4.70. The van der Waals surface area contributed by atoms with Gasteiger partial charge >= 0.3 is 0 Å². The van der Waals surface area contributed by atoms with Crippen molar-refractivity contribution in [1.29, 1.82) is 0 Å². The Morgan fingerprint density at radius 3 is 2.78 bits per heavy atom. The van der Waals surface area contributed by atoms with Gasteiger partial charge in [0.05, 0.1) is 11.1 Å². The molecule has 0 spiro atoms. The molecule has 2 heterocycles. The van der Waals surface area contributed by atoms with Crippen LogP contribution in [-0.2, 0) is 0 Å². The number of amides is 2. The molecule has 3 rings (SSSR count). The number of carbonyl (C=O) groups excluding carboxylic acids is 2. The van der Waals surface area contributed by atoms with Gasteiger partial charge in [-0.3, -0.25) is 14.5 Å². The van der Waals surface area contributed by atoms with Gasteiger partial charge in [0, 0.05) is 17.6 Å². The summed E-state index contributed by atoms with van der Waals surface area (Å²) in [5.74, 6) is -0.438. The highest BCUT2D eigenvalue weighted by Crippen LogP contribution is 2.26. The summed E-state index contributed by atoms with van der Waals surface area (Å²) in [4.78, 5) is 25.6. The molecule has 94 valence electrons. The van der Waals surface area contributed by atoms with Crippen LogP contribution in [-0.4, -0.2) is 35.8 Å². The molecule has 0 saturated carbocycles. The lowest BCUT2D eigenvalue weighted by Gasteiger charge is -2.18. The van der Waals surface area contributed by atoms with Gasteiger partial charge in [0.1, 0.15) is 0 Å². The molecule has 1 unspecified atom stereocenters. The van der Waals surface area contributed by atoms with Crippen LogP contribution < -0.4 is 5.32 Å². The van der Waals surface area contributed by atoms with Crippen molar-refractivity contribution in [2.45, 2.75) is 18.9 Å². The molecule has 1 aromatic rings. The second-order valence-corrected chi connectivity index (χ2v) is 5.14. The van der Waals surface area contributed by atoms with Gasteiger partial charge in [0.15, 0.2) is 0 Å². The fraction of sp³-hybridized carbons (Fsp3) is 0.385. The number of fused-ring (bicyclic) bond motifs is 1. The monoisotopic (exact) mass is 264 g/mol. The van der Waals surface area contributed by atoms with Crippen LogP contribution in [0, 0.1) is 0 Å². The quantitative estimate of drug-likeness (QED) is 0.827. The number of imide groups is 1. The van der Waals surface area contributed by atoms with Crippen molar-refractivity contribution < 1.29 is 9.59 Å². The summed E-state index contributed by atoms with van der Waals surface area (Å²) in [5.41, 5.74) is 0.882. The number of carbonyl (C=O) groups is 2. The molecule has 1 N–H and O–H groups in total. The standard InChI is InChI=1S/C13H13ClN2O2/c14-8-3-4-10-11(6-8)13(18)16(12(10)17)7-9-2-1-5-15-9/h3-4,6,9,15H,1-2,5,7H2. The fourth-order valence-electron chi connectivity index (χ4n) is 2.56. The largest absolute Gasteiger partial charge is 0.312 e. The maximum Gasteiger partial charge on any atom is 0.261 e. The van der Waals surface area contributed by atoms with Crippen LogP contribution in [0.4, 0.5) is 0 Å². The molecule has 2 aliphatic heterocycles. The predicted molar refractivity (Wildman–Crippen MR) is 67.8 cm³/mol. The zero-order valence-electron chi connectivity index (χ0n) is 9.78. The van der Waals surface area contributed by atoms with Crippen LogP contribution in [0.3, 0.4) is 0 Å². The van der Waals surface area contributed by atoms with Gasteiger partial charge in [-0.15, -0.1) is 0 Å². The lowest BCUT2D eigenvalue weighted by molar-refractivity contribution is 0.0641. The van der Waals surface area contributed by atoms with E-state index < -0.39 is 0 Å². The van der Waals surface area contributed by atoms with Crippen molar-refractivity contribution in [3.8, 4) is 0 Å². The zero-order valence-corrected chi connectivity index (χ0v) is 10.5. The molecular weight excluding hydrogens is 252 g/mol. The van der Waals surface area contributed by atoms with E-state index in [0.717, 1.165) is 19.4 Å². The molecule has 1 fully saturated rings. The van der Waals surface area contributed by atoms with Crippen molar-refractivity contribution >= 4 is 23.4 Å². The fourth-order valence-corrected chi connectivity index (χ4v) is 2.73. The first-order valence-electron chi connectivity index (χ1n) is 6.06. The average Bonchev–Trinajstić information content (AvgIpc) is 2.93. The smallest absolute Gasteiger partial charge is 0.261 e. The lowest BCUT2D eigenvalue weighted by atomic mass is 10.1. The molecule has 5 heteroatoms. The number of benzene rings is 1. The third kappa shape index (κ3) is 1.82. The van der Waals surface area contributed by atoms with Crippen LogP contribution in [0.1, 0.15) is 33.6 Å². The third-order valence-electron chi connectivity index (χ3n) is 3.50. The molecule has 18 heavy (non-hydrogen) atoms. The molecule has 1 aromatic carbocycles. The van der Waals surface area contributed by atoms with Crippen molar-refractivity contribution in [3.05, 3.63) is 34.3 Å². The minimum atomic E-state index is -0.230. The van der Waals surface area contributed by atoms with E-state index in [0.29, 0.717) is 22.7 Å². The third-order valence-corrected chi connectivity index (χ3v) is 3.73. The molecule has 4 nitrogen and oxygen atoms in total. The number of nitrogens with zero attached hydrogens (tertiary/aromatic N) is 1. The van der Waals surface area contributed by atoms with Crippen LogP contribution in [0.2, 0.25) is 5.02 Å². The van der Waals surface area contributed by atoms with Gasteiger partial charge in [-0.2, -0.15) is 0 Å². The van der Waals surface area contributed by atoms with Crippen molar-refractivity contribution in [1.82, 2.24) is 10.2 Å². The van der Waals surface area contributed by atoms with E-state index >= 15 is 0 Å². The molecule has 0 aromatic heterocycles. The Kier molecular flexibility index (Phi) is 2.84. The number of hydrogen-bond acceptors (Lipinski definition) is 3. The Morgan fingerprint density at radius 2 is 2.06 bits per heavy atom. The summed E-state index contributed by atoms with van der Waals surface area (Å²) < 4.78 is 0. The summed E-state index contributed by atoms with van der Waals surface area (Å²) >= 11 is 5.86. The highest BCUT2D eigenvalue weighted by molar-refractivity contribution is 6.32. The van der Waals surface area contributed by atoms with Crippen molar-refractivity contribution in [3.63, 3.8) is 0 Å². The Morgan fingerprint density at radius 1 is 1.28 bits per heavy atom. The summed E-state index contributed by atoms with van der Waals surface area (Å²) in [5, 5.41) is 3.77. The van der Waals surface area contributed by atoms with Crippen LogP contribution >= 0.6 is 11.6 Å². The molecular formula is C13H13ClN2O2. The van der Waals surface area contributed by atoms with E-state index in [9.17, 15) is 9.59 Å². The highest BCUT2D eigenvalue weighted by atomic mass is 35.5. The van der Waals surface area contributed by atoms with E-state index in [1.807, 2.05) is 0 Å². The van der Waals surface area contributed by atoms with Gasteiger partial charge in [0.25, 0.3) is 11.8 Å². The normalized spacial score (nSPS) is 22.7. The molecule has 0 aliphatic carbocycles. The van der Waals surface area contributed by atoms with Crippen LogP contribution in [0.5, 0.6) is 0 Å². The summed E-state index contributed by atoms with van der Waals surface area (Å²) in [6.45, 7) is 1.41. The van der Waals surface area contributed by atoms with E-state index in [-0.39, 0.29) is 17.9 Å². The minimum absolute atomic E-state index is 0.208. The Hall–Kier alpha value is -1.39. The summed E-state index contributed by atoms with van der Waals surface area (Å²) in [7, 11) is 0. The Labute approximate surface area is 110 Å². The number of nitrogens with one attached hydrogen (secondary N) is 1. The van der Waals surface area contributed by atoms with Crippen molar-refractivity contribution in [2.24, 2.45) is 0 Å². The SMILES string of the molecule is O=C1c2ccc(Cl)cc2C(=O)N1CC1CCCN1. The van der Waals surface area contributed by atoms with E-state index in [2.05, 4.69) is 5.32 Å². The van der Waals surface area contributed by atoms with Gasteiger partial charge in [0.2, 0.25) is 0 Å². The predicted octanol–water partition coefficient (Wildman–Crippen LogP) is 1.69. The van der Waals surface area contributed by atoms with Crippen LogP contribution in [0.25, 0.3) is 0 Å². The van der Waals surface area contributed by atoms with E-state index in [1.165, 1.54) is 4.90 Å². The number of rotatable bonds is 2. The van der Waals surface area contributed by atoms with Crippen molar-refractivity contribution in [2.75, 3.05) is 13.1 Å². The Balaban J connectivity index is 1.87. The molecule has 1 atom stereocenters. The maximum atomic E-state index is 12.2. The topological polar surface area (TPSA) is 49.4 Å². The molecule has 2 aliphatic rings. The van der Waals surface area contributed by atoms with Gasteiger partial charge in [-0.25, -0.2) is 0 Å². The maximum absolute atomic E-state index is 12.2.